The Labute approximate surface area is 305 Å². The van der Waals surface area contributed by atoms with Crippen LogP contribution in [0.2, 0.25) is 0 Å². The quantitative estimate of drug-likeness (QED) is 0.107. The van der Waals surface area contributed by atoms with Crippen molar-refractivity contribution >= 4 is 17.0 Å². The fourth-order valence-corrected chi connectivity index (χ4v) is 6.08. The molecule has 0 saturated carbocycles. The van der Waals surface area contributed by atoms with Crippen LogP contribution in [-0.4, -0.2) is 30.6 Å². The van der Waals surface area contributed by atoms with Crippen molar-refractivity contribution in [1.29, 1.82) is 0 Å². The van der Waals surface area contributed by atoms with Gasteiger partial charge in [-0.25, -0.2) is 9.98 Å². The van der Waals surface area contributed by atoms with E-state index in [1.165, 1.54) is 11.1 Å². The highest BCUT2D eigenvalue weighted by Gasteiger charge is 2.23. The van der Waals surface area contributed by atoms with Gasteiger partial charge in [0.05, 0.1) is 45.6 Å². The number of aliphatic imine (C=N–C) groups is 1. The van der Waals surface area contributed by atoms with Crippen LogP contribution in [0.4, 0.5) is 0 Å². The predicted octanol–water partition coefficient (Wildman–Crippen LogP) is 10.6. The molecule has 0 saturated heterocycles. The standard InChI is InChI=1S/C46H38N6/c1-32(29-43(40-14-6-10-26-48-40)51-33(2)39-13-5-9-25-47-39)34-17-21-37(22-18-34)46(3,4)38-23-19-35(20-24-38)36-30-44(41-15-7-11-27-49-41)52-45(31-36)42-16-8-12-28-50-42/h5-31H,1H2,2-4H3/b43-29-,51-33?. The zero-order valence-corrected chi connectivity index (χ0v) is 29.5. The molecule has 0 amide bonds. The van der Waals surface area contributed by atoms with Gasteiger partial charge in [0.15, 0.2) is 0 Å². The van der Waals surface area contributed by atoms with Crippen molar-refractivity contribution in [3.8, 4) is 33.9 Å². The van der Waals surface area contributed by atoms with Gasteiger partial charge in [0.25, 0.3) is 0 Å². The fraction of sp³-hybridized carbons (Fsp3) is 0.0870. The molecule has 0 radical (unpaired) electrons. The minimum Gasteiger partial charge on any atom is -0.255 e. The number of aromatic nitrogens is 5. The molecule has 7 rings (SSSR count). The van der Waals surface area contributed by atoms with Crippen LogP contribution >= 0.6 is 0 Å². The summed E-state index contributed by atoms with van der Waals surface area (Å²) < 4.78 is 0. The minimum atomic E-state index is -0.242. The Morgan fingerprint density at radius 3 is 1.56 bits per heavy atom. The molecule has 0 fully saturated rings. The maximum atomic E-state index is 4.93. The monoisotopic (exact) mass is 674 g/mol. The largest absolute Gasteiger partial charge is 0.255 e. The zero-order valence-electron chi connectivity index (χ0n) is 29.5. The average molecular weight is 675 g/mol. The van der Waals surface area contributed by atoms with Crippen molar-refractivity contribution in [2.45, 2.75) is 26.2 Å². The highest BCUT2D eigenvalue weighted by Crippen LogP contribution is 2.35. The van der Waals surface area contributed by atoms with Crippen molar-refractivity contribution in [2.24, 2.45) is 4.99 Å². The normalized spacial score (nSPS) is 12.1. The maximum Gasteiger partial charge on any atom is 0.0900 e. The molecule has 52 heavy (non-hydrogen) atoms. The third kappa shape index (κ3) is 7.57. The van der Waals surface area contributed by atoms with Crippen molar-refractivity contribution in [2.75, 3.05) is 0 Å². The third-order valence-corrected chi connectivity index (χ3v) is 9.16. The molecule has 252 valence electrons. The van der Waals surface area contributed by atoms with Gasteiger partial charge in [-0.15, -0.1) is 0 Å². The zero-order chi connectivity index (χ0) is 35.9. The Morgan fingerprint density at radius 2 is 1.06 bits per heavy atom. The van der Waals surface area contributed by atoms with Crippen LogP contribution in [0.25, 0.3) is 45.2 Å². The second-order valence-corrected chi connectivity index (χ2v) is 13.0. The van der Waals surface area contributed by atoms with Gasteiger partial charge in [0, 0.05) is 30.2 Å². The van der Waals surface area contributed by atoms with Gasteiger partial charge in [-0.3, -0.25) is 19.9 Å². The van der Waals surface area contributed by atoms with Crippen LogP contribution in [0.1, 0.15) is 48.8 Å². The van der Waals surface area contributed by atoms with Gasteiger partial charge in [0.1, 0.15) is 0 Å². The lowest BCUT2D eigenvalue weighted by Gasteiger charge is -2.26. The smallest absolute Gasteiger partial charge is 0.0900 e. The van der Waals surface area contributed by atoms with E-state index in [4.69, 9.17) is 9.98 Å². The van der Waals surface area contributed by atoms with Crippen LogP contribution in [0, 0.1) is 0 Å². The van der Waals surface area contributed by atoms with E-state index in [0.717, 1.165) is 67.8 Å². The molecular weight excluding hydrogens is 637 g/mol. The Balaban J connectivity index is 1.15. The molecule has 6 heteroatoms. The Bertz CT molecular complexity index is 2290. The van der Waals surface area contributed by atoms with Crippen molar-refractivity contribution in [1.82, 2.24) is 24.9 Å². The third-order valence-electron chi connectivity index (χ3n) is 9.16. The van der Waals surface area contributed by atoms with Gasteiger partial charge in [-0.2, -0.15) is 0 Å². The first kappa shape index (κ1) is 33.8. The van der Waals surface area contributed by atoms with Crippen molar-refractivity contribution in [3.05, 3.63) is 199 Å². The van der Waals surface area contributed by atoms with Crippen LogP contribution in [-0.2, 0) is 5.41 Å². The molecule has 0 aliphatic rings. The SMILES string of the molecule is C=C(/C=C(\N=C(C)c1ccccn1)c1ccccn1)c1ccc(C(C)(C)c2ccc(-c3cc(-c4ccccn4)nc(-c4ccccn4)c3)cc2)cc1. The highest BCUT2D eigenvalue weighted by molar-refractivity contribution is 6.00. The van der Waals surface area contributed by atoms with Crippen molar-refractivity contribution < 1.29 is 0 Å². The second-order valence-electron chi connectivity index (χ2n) is 13.0. The number of pyridine rings is 5. The summed E-state index contributed by atoms with van der Waals surface area (Å²) in [5.74, 6) is 0. The Kier molecular flexibility index (Phi) is 9.80. The van der Waals surface area contributed by atoms with Gasteiger partial charge < -0.3 is 0 Å². The van der Waals surface area contributed by atoms with E-state index >= 15 is 0 Å². The molecule has 0 spiro atoms. The number of allylic oxidation sites excluding steroid dienone is 2. The predicted molar refractivity (Wildman–Crippen MR) is 212 cm³/mol. The van der Waals surface area contributed by atoms with Gasteiger partial charge in [-0.05, 0) is 107 Å². The topological polar surface area (TPSA) is 76.8 Å². The highest BCUT2D eigenvalue weighted by atomic mass is 14.8. The van der Waals surface area contributed by atoms with Crippen LogP contribution < -0.4 is 0 Å². The molecule has 0 atom stereocenters. The molecule has 0 unspecified atom stereocenters. The summed E-state index contributed by atoms with van der Waals surface area (Å²) >= 11 is 0. The fourth-order valence-electron chi connectivity index (χ4n) is 6.08. The van der Waals surface area contributed by atoms with E-state index in [1.807, 2.05) is 85.8 Å². The number of benzene rings is 2. The Morgan fingerprint density at radius 1 is 0.558 bits per heavy atom. The lowest BCUT2D eigenvalue weighted by Crippen LogP contribution is -2.18. The average Bonchev–Trinajstić information content (AvgIpc) is 3.21. The number of nitrogens with zero attached hydrogens (tertiary/aromatic N) is 6. The molecule has 2 aromatic carbocycles. The van der Waals surface area contributed by atoms with E-state index in [1.54, 1.807) is 24.8 Å². The Hall–Kier alpha value is -6.66. The maximum absolute atomic E-state index is 4.93. The molecule has 0 aliphatic heterocycles. The number of rotatable bonds is 10. The summed E-state index contributed by atoms with van der Waals surface area (Å²) in [7, 11) is 0. The van der Waals surface area contributed by atoms with Gasteiger partial charge >= 0.3 is 0 Å². The van der Waals surface area contributed by atoms with Crippen LogP contribution in [0.15, 0.2) is 176 Å². The minimum absolute atomic E-state index is 0.242. The molecule has 5 aromatic heterocycles. The number of hydrogen-bond acceptors (Lipinski definition) is 6. The molecule has 0 aliphatic carbocycles. The van der Waals surface area contributed by atoms with Gasteiger partial charge in [-0.1, -0.05) is 93.2 Å². The first-order chi connectivity index (χ1) is 25.3. The van der Waals surface area contributed by atoms with E-state index in [9.17, 15) is 0 Å². The van der Waals surface area contributed by atoms with Crippen LogP contribution in [0.3, 0.4) is 0 Å². The molecule has 0 bridgehead atoms. The second kappa shape index (κ2) is 15.1. The van der Waals surface area contributed by atoms with E-state index < -0.39 is 0 Å². The summed E-state index contributed by atoms with van der Waals surface area (Å²) in [6.45, 7) is 10.9. The first-order valence-electron chi connectivity index (χ1n) is 17.2. The lowest BCUT2D eigenvalue weighted by molar-refractivity contribution is 0.641. The number of hydrogen-bond donors (Lipinski definition) is 0. The van der Waals surface area contributed by atoms with Gasteiger partial charge in [0.2, 0.25) is 0 Å². The van der Waals surface area contributed by atoms with E-state index in [-0.39, 0.29) is 5.41 Å². The summed E-state index contributed by atoms with van der Waals surface area (Å²) in [5.41, 5.74) is 12.6. The molecule has 0 N–H and O–H groups in total. The molecule has 7 aromatic rings. The molecule has 5 heterocycles. The lowest BCUT2D eigenvalue weighted by atomic mass is 9.77. The summed E-state index contributed by atoms with van der Waals surface area (Å²) in [5, 5.41) is 0. The summed E-state index contributed by atoms with van der Waals surface area (Å²) in [4.78, 5) is 28.0. The first-order valence-corrected chi connectivity index (χ1v) is 17.2. The molecular formula is C46H38N6. The molecule has 6 nitrogen and oxygen atoms in total. The van der Waals surface area contributed by atoms with E-state index in [0.29, 0.717) is 0 Å². The summed E-state index contributed by atoms with van der Waals surface area (Å²) in [6, 6.07) is 45.0. The van der Waals surface area contributed by atoms with Crippen molar-refractivity contribution in [3.63, 3.8) is 0 Å². The summed E-state index contributed by atoms with van der Waals surface area (Å²) in [6.07, 6.45) is 9.12. The van der Waals surface area contributed by atoms with E-state index in [2.05, 4.69) is 101 Å². The van der Waals surface area contributed by atoms with Crippen LogP contribution in [0.5, 0.6) is 0 Å².